The minimum absolute atomic E-state index is 0.197. The van der Waals surface area contributed by atoms with Gasteiger partial charge in [-0.05, 0) is 45.4 Å². The topological polar surface area (TPSA) is 74.2 Å². The molecule has 2 N–H and O–H groups in total. The Kier molecular flexibility index (Phi) is 4.81. The predicted octanol–water partition coefficient (Wildman–Crippen LogP) is 2.89. The van der Waals surface area contributed by atoms with E-state index in [1.54, 1.807) is 0 Å². The van der Waals surface area contributed by atoms with E-state index in [2.05, 4.69) is 24.0 Å². The highest BCUT2D eigenvalue weighted by Gasteiger charge is 2.43. The zero-order chi connectivity index (χ0) is 14.6. The van der Waals surface area contributed by atoms with E-state index in [1.165, 1.54) is 0 Å². The van der Waals surface area contributed by atoms with E-state index in [-0.39, 0.29) is 11.0 Å². The number of nitrogens with two attached hydrogens (primary N) is 1. The molecule has 0 amide bonds. The molecule has 5 heteroatoms. The van der Waals surface area contributed by atoms with Crippen molar-refractivity contribution in [2.45, 2.75) is 70.3 Å². The van der Waals surface area contributed by atoms with E-state index in [9.17, 15) is 0 Å². The first-order valence-corrected chi connectivity index (χ1v) is 7.85. The molecule has 114 valence electrons. The van der Waals surface area contributed by atoms with Crippen molar-refractivity contribution >= 4 is 0 Å². The molecule has 0 radical (unpaired) electrons. The first-order valence-electron chi connectivity index (χ1n) is 7.85. The Bertz CT molecular complexity index is 412. The van der Waals surface area contributed by atoms with E-state index >= 15 is 0 Å². The maximum Gasteiger partial charge on any atom is 0.234 e. The zero-order valence-electron chi connectivity index (χ0n) is 12.9. The van der Waals surface area contributed by atoms with Crippen molar-refractivity contribution in [3.05, 3.63) is 11.7 Å². The quantitative estimate of drug-likeness (QED) is 0.831. The lowest BCUT2D eigenvalue weighted by atomic mass is 9.82. The molecule has 5 nitrogen and oxygen atoms in total. The molecule has 20 heavy (non-hydrogen) atoms. The van der Waals surface area contributed by atoms with Crippen molar-refractivity contribution in [3.8, 4) is 0 Å². The summed E-state index contributed by atoms with van der Waals surface area (Å²) in [6.07, 6.45) is 6.09. The van der Waals surface area contributed by atoms with Crippen LogP contribution < -0.4 is 5.73 Å². The van der Waals surface area contributed by atoms with Gasteiger partial charge in [0.15, 0.2) is 0 Å². The average Bonchev–Trinajstić information content (AvgIpc) is 3.12. The van der Waals surface area contributed by atoms with Gasteiger partial charge < -0.3 is 15.0 Å². The normalized spacial score (nSPS) is 18.6. The maximum absolute atomic E-state index is 5.99. The van der Waals surface area contributed by atoms with E-state index in [0.29, 0.717) is 24.9 Å². The van der Waals surface area contributed by atoms with Crippen molar-refractivity contribution in [1.82, 2.24) is 10.1 Å². The van der Waals surface area contributed by atoms with Gasteiger partial charge in [0.2, 0.25) is 11.7 Å². The molecule has 1 fully saturated rings. The van der Waals surface area contributed by atoms with Gasteiger partial charge in [-0.25, -0.2) is 0 Å². The Hall–Kier alpha value is -0.940. The first kappa shape index (κ1) is 15.4. The standard InChI is InChI=1S/C15H27N3O2/c1-4-14(5-2,11-16)13-17-12(18-20-13)15(19-6-3)9-7-8-10-15/h4-11,16H2,1-3H3. The summed E-state index contributed by atoms with van der Waals surface area (Å²) in [5, 5.41) is 4.23. The molecule has 0 saturated heterocycles. The van der Waals surface area contributed by atoms with Crippen molar-refractivity contribution in [2.24, 2.45) is 5.73 Å². The fourth-order valence-corrected chi connectivity index (χ4v) is 3.21. The molecule has 1 aromatic rings. The lowest BCUT2D eigenvalue weighted by molar-refractivity contribution is -0.0469. The van der Waals surface area contributed by atoms with E-state index in [4.69, 9.17) is 15.0 Å². The number of ether oxygens (including phenoxy) is 1. The smallest absolute Gasteiger partial charge is 0.234 e. The highest BCUT2D eigenvalue weighted by Crippen LogP contribution is 2.41. The van der Waals surface area contributed by atoms with Crippen molar-refractivity contribution in [3.63, 3.8) is 0 Å². The van der Waals surface area contributed by atoms with Crippen LogP contribution in [0, 0.1) is 0 Å². The summed E-state index contributed by atoms with van der Waals surface area (Å²) in [5.74, 6) is 1.39. The molecular formula is C15H27N3O2. The minimum Gasteiger partial charge on any atom is -0.367 e. The van der Waals surface area contributed by atoms with Crippen molar-refractivity contribution in [2.75, 3.05) is 13.2 Å². The van der Waals surface area contributed by atoms with Crippen LogP contribution in [0.15, 0.2) is 4.52 Å². The SMILES string of the molecule is CCOC1(c2noc(C(CC)(CC)CN)n2)CCCC1. The molecule has 0 atom stereocenters. The molecule has 0 aromatic carbocycles. The van der Waals surface area contributed by atoms with Crippen LogP contribution in [0.25, 0.3) is 0 Å². The molecule has 1 aliphatic rings. The largest absolute Gasteiger partial charge is 0.367 e. The summed E-state index contributed by atoms with van der Waals surface area (Å²) in [6.45, 7) is 7.46. The lowest BCUT2D eigenvalue weighted by Gasteiger charge is -2.26. The Balaban J connectivity index is 2.32. The van der Waals surface area contributed by atoms with Crippen LogP contribution in [0.5, 0.6) is 0 Å². The van der Waals surface area contributed by atoms with Crippen molar-refractivity contribution in [1.29, 1.82) is 0 Å². The second-order valence-electron chi connectivity index (χ2n) is 5.75. The van der Waals surface area contributed by atoms with Gasteiger partial charge >= 0.3 is 0 Å². The van der Waals surface area contributed by atoms with Crippen LogP contribution in [0.2, 0.25) is 0 Å². The van der Waals surface area contributed by atoms with E-state index in [1.807, 2.05) is 6.92 Å². The molecule has 1 aromatic heterocycles. The number of aromatic nitrogens is 2. The van der Waals surface area contributed by atoms with Crippen LogP contribution in [0.4, 0.5) is 0 Å². The second-order valence-corrected chi connectivity index (χ2v) is 5.75. The predicted molar refractivity (Wildman–Crippen MR) is 77.4 cm³/mol. The van der Waals surface area contributed by atoms with Gasteiger partial charge in [0.1, 0.15) is 5.60 Å². The van der Waals surface area contributed by atoms with Crippen LogP contribution in [-0.2, 0) is 15.8 Å². The lowest BCUT2D eigenvalue weighted by Crippen LogP contribution is -2.34. The number of hydrogen-bond acceptors (Lipinski definition) is 5. The third-order valence-corrected chi connectivity index (χ3v) is 4.86. The molecule has 0 bridgehead atoms. The monoisotopic (exact) mass is 281 g/mol. The summed E-state index contributed by atoms with van der Waals surface area (Å²) in [7, 11) is 0. The summed E-state index contributed by atoms with van der Waals surface area (Å²) in [6, 6.07) is 0. The second kappa shape index (κ2) is 6.22. The van der Waals surface area contributed by atoms with Gasteiger partial charge in [-0.15, -0.1) is 0 Å². The molecule has 0 aliphatic heterocycles. The Morgan fingerprint density at radius 3 is 2.40 bits per heavy atom. The van der Waals surface area contributed by atoms with Gasteiger partial charge in [-0.1, -0.05) is 19.0 Å². The van der Waals surface area contributed by atoms with Gasteiger partial charge in [0, 0.05) is 13.2 Å². The third-order valence-electron chi connectivity index (χ3n) is 4.86. The van der Waals surface area contributed by atoms with E-state index in [0.717, 1.165) is 38.5 Å². The Morgan fingerprint density at radius 2 is 1.90 bits per heavy atom. The van der Waals surface area contributed by atoms with Gasteiger partial charge in [-0.3, -0.25) is 0 Å². The molecule has 2 rings (SSSR count). The zero-order valence-corrected chi connectivity index (χ0v) is 12.9. The maximum atomic E-state index is 5.99. The fraction of sp³-hybridized carbons (Fsp3) is 0.867. The molecule has 0 unspecified atom stereocenters. The van der Waals surface area contributed by atoms with Crippen LogP contribution in [0.3, 0.4) is 0 Å². The Morgan fingerprint density at radius 1 is 1.25 bits per heavy atom. The molecule has 1 aliphatic carbocycles. The molecule has 1 heterocycles. The molecular weight excluding hydrogens is 254 g/mol. The highest BCUT2D eigenvalue weighted by molar-refractivity contribution is 5.10. The summed E-state index contributed by atoms with van der Waals surface area (Å²) >= 11 is 0. The number of rotatable bonds is 7. The fourth-order valence-electron chi connectivity index (χ4n) is 3.21. The van der Waals surface area contributed by atoms with Crippen LogP contribution in [-0.4, -0.2) is 23.3 Å². The Labute approximate surface area is 121 Å². The van der Waals surface area contributed by atoms with Gasteiger partial charge in [0.05, 0.1) is 5.41 Å². The number of nitrogens with zero attached hydrogens (tertiary/aromatic N) is 2. The average molecular weight is 281 g/mol. The molecule has 0 spiro atoms. The van der Waals surface area contributed by atoms with Crippen LogP contribution >= 0.6 is 0 Å². The highest BCUT2D eigenvalue weighted by atomic mass is 16.5. The van der Waals surface area contributed by atoms with Crippen molar-refractivity contribution < 1.29 is 9.26 Å². The number of hydrogen-bond donors (Lipinski definition) is 1. The van der Waals surface area contributed by atoms with Gasteiger partial charge in [0.25, 0.3) is 0 Å². The van der Waals surface area contributed by atoms with Gasteiger partial charge in [-0.2, -0.15) is 4.98 Å². The van der Waals surface area contributed by atoms with E-state index < -0.39 is 0 Å². The summed E-state index contributed by atoms with van der Waals surface area (Å²) in [5.41, 5.74) is 5.42. The third kappa shape index (κ3) is 2.49. The summed E-state index contributed by atoms with van der Waals surface area (Å²) in [4.78, 5) is 4.69. The summed E-state index contributed by atoms with van der Waals surface area (Å²) < 4.78 is 11.6. The van der Waals surface area contributed by atoms with Crippen LogP contribution in [0.1, 0.15) is 71.0 Å². The minimum atomic E-state index is -0.335. The first-order chi connectivity index (χ1) is 9.66. The molecule has 1 saturated carbocycles.